The first kappa shape index (κ1) is 14.0. The second kappa shape index (κ2) is 7.27. The predicted molar refractivity (Wildman–Crippen MR) is 66.0 cm³/mol. The van der Waals surface area contributed by atoms with Crippen LogP contribution in [0.2, 0.25) is 0 Å². The number of unbranched alkanes of at least 4 members (excludes halogenated alkanes) is 2. The summed E-state index contributed by atoms with van der Waals surface area (Å²) < 4.78 is 0. The van der Waals surface area contributed by atoms with E-state index in [1.165, 1.54) is 0 Å². The molecule has 1 aliphatic heterocycles. The average Bonchev–Trinajstić information content (AvgIpc) is 2.34. The van der Waals surface area contributed by atoms with E-state index in [0.29, 0.717) is 38.9 Å². The number of likely N-dealkylation sites (tertiary alicyclic amines) is 1. The zero-order valence-electron chi connectivity index (χ0n) is 10.4. The third-order valence-electron chi connectivity index (χ3n) is 3.34. The maximum absolute atomic E-state index is 11.8. The molecule has 0 spiro atoms. The molecule has 1 heterocycles. The summed E-state index contributed by atoms with van der Waals surface area (Å²) in [5.41, 5.74) is 10.6. The van der Waals surface area contributed by atoms with E-state index in [4.69, 9.17) is 11.5 Å². The largest absolute Gasteiger partial charge is 0.369 e. The molecule has 0 aromatic heterocycles. The summed E-state index contributed by atoms with van der Waals surface area (Å²) in [6.45, 7) is 2.03. The zero-order chi connectivity index (χ0) is 12.7. The van der Waals surface area contributed by atoms with Crippen molar-refractivity contribution in [1.82, 2.24) is 4.90 Å². The van der Waals surface area contributed by atoms with Crippen LogP contribution < -0.4 is 11.5 Å². The van der Waals surface area contributed by atoms with Gasteiger partial charge in [-0.15, -0.1) is 0 Å². The van der Waals surface area contributed by atoms with Crippen LogP contribution in [0, 0.1) is 5.92 Å². The second-order valence-corrected chi connectivity index (χ2v) is 4.66. The van der Waals surface area contributed by atoms with Crippen LogP contribution in [0.15, 0.2) is 0 Å². The van der Waals surface area contributed by atoms with Crippen molar-refractivity contribution in [2.75, 3.05) is 19.6 Å². The van der Waals surface area contributed by atoms with E-state index in [-0.39, 0.29) is 17.7 Å². The van der Waals surface area contributed by atoms with Crippen LogP contribution in [0.5, 0.6) is 0 Å². The van der Waals surface area contributed by atoms with E-state index in [1.54, 1.807) is 0 Å². The second-order valence-electron chi connectivity index (χ2n) is 4.66. The molecule has 0 aromatic rings. The van der Waals surface area contributed by atoms with Gasteiger partial charge < -0.3 is 16.4 Å². The summed E-state index contributed by atoms with van der Waals surface area (Å²) in [6, 6.07) is 0. The summed E-state index contributed by atoms with van der Waals surface area (Å²) in [4.78, 5) is 24.6. The lowest BCUT2D eigenvalue weighted by Gasteiger charge is -2.30. The molecule has 98 valence electrons. The maximum atomic E-state index is 11.8. The highest BCUT2D eigenvalue weighted by atomic mass is 16.2. The van der Waals surface area contributed by atoms with Crippen LogP contribution in [-0.2, 0) is 9.59 Å². The normalized spacial score (nSPS) is 17.1. The van der Waals surface area contributed by atoms with Gasteiger partial charge in [-0.3, -0.25) is 9.59 Å². The van der Waals surface area contributed by atoms with Gasteiger partial charge in [-0.25, -0.2) is 0 Å². The molecule has 1 aliphatic rings. The lowest BCUT2D eigenvalue weighted by Crippen LogP contribution is -2.41. The molecule has 2 amide bonds. The van der Waals surface area contributed by atoms with Crippen LogP contribution in [0.3, 0.4) is 0 Å². The van der Waals surface area contributed by atoms with E-state index in [2.05, 4.69) is 0 Å². The molecule has 4 N–H and O–H groups in total. The van der Waals surface area contributed by atoms with Gasteiger partial charge in [0.15, 0.2) is 0 Å². The molecule has 17 heavy (non-hydrogen) atoms. The number of primary amides is 1. The third kappa shape index (κ3) is 4.73. The van der Waals surface area contributed by atoms with E-state index in [1.807, 2.05) is 4.90 Å². The number of nitrogens with zero attached hydrogens (tertiary/aromatic N) is 1. The summed E-state index contributed by atoms with van der Waals surface area (Å²) in [5, 5.41) is 0. The minimum atomic E-state index is -0.236. The molecule has 0 radical (unpaired) electrons. The van der Waals surface area contributed by atoms with Gasteiger partial charge in [-0.05, 0) is 32.2 Å². The fourth-order valence-electron chi connectivity index (χ4n) is 2.17. The summed E-state index contributed by atoms with van der Waals surface area (Å²) in [7, 11) is 0. The van der Waals surface area contributed by atoms with Gasteiger partial charge in [0, 0.05) is 25.4 Å². The minimum Gasteiger partial charge on any atom is -0.369 e. The molecule has 5 heteroatoms. The molecule has 1 rings (SSSR count). The molecular formula is C12H23N3O2. The highest BCUT2D eigenvalue weighted by Gasteiger charge is 2.25. The summed E-state index contributed by atoms with van der Waals surface area (Å²) in [6.07, 6.45) is 4.93. The van der Waals surface area contributed by atoms with Gasteiger partial charge in [0.05, 0.1) is 0 Å². The Morgan fingerprint density at radius 1 is 1.12 bits per heavy atom. The molecule has 0 aromatic carbocycles. The molecule has 0 unspecified atom stereocenters. The Morgan fingerprint density at radius 3 is 2.29 bits per heavy atom. The Morgan fingerprint density at radius 2 is 1.76 bits per heavy atom. The molecular weight excluding hydrogens is 218 g/mol. The van der Waals surface area contributed by atoms with Crippen molar-refractivity contribution < 1.29 is 9.59 Å². The number of carbonyl (C=O) groups excluding carboxylic acids is 2. The van der Waals surface area contributed by atoms with E-state index >= 15 is 0 Å². The molecule has 1 saturated heterocycles. The Labute approximate surface area is 103 Å². The molecule has 5 nitrogen and oxygen atoms in total. The lowest BCUT2D eigenvalue weighted by atomic mass is 9.96. The van der Waals surface area contributed by atoms with Gasteiger partial charge in [0.1, 0.15) is 0 Å². The van der Waals surface area contributed by atoms with Crippen LogP contribution in [0.4, 0.5) is 0 Å². The minimum absolute atomic E-state index is 0.0451. The predicted octanol–water partition coefficient (Wildman–Crippen LogP) is 0.229. The highest BCUT2D eigenvalue weighted by molar-refractivity contribution is 5.78. The molecule has 0 bridgehead atoms. The number of rotatable bonds is 6. The van der Waals surface area contributed by atoms with Gasteiger partial charge in [0.2, 0.25) is 11.8 Å². The fourth-order valence-corrected chi connectivity index (χ4v) is 2.17. The van der Waals surface area contributed by atoms with Crippen LogP contribution in [0.1, 0.15) is 38.5 Å². The number of hydrogen-bond donors (Lipinski definition) is 2. The van der Waals surface area contributed by atoms with Crippen molar-refractivity contribution in [2.24, 2.45) is 17.4 Å². The first-order valence-electron chi connectivity index (χ1n) is 6.42. The lowest BCUT2D eigenvalue weighted by molar-refractivity contribution is -0.135. The Hall–Kier alpha value is -1.10. The summed E-state index contributed by atoms with van der Waals surface area (Å²) >= 11 is 0. The van der Waals surface area contributed by atoms with E-state index in [0.717, 1.165) is 19.3 Å². The van der Waals surface area contributed by atoms with Crippen LogP contribution in [0.25, 0.3) is 0 Å². The monoisotopic (exact) mass is 241 g/mol. The van der Waals surface area contributed by atoms with Crippen LogP contribution in [-0.4, -0.2) is 36.3 Å². The number of hydrogen-bond acceptors (Lipinski definition) is 3. The number of amides is 2. The quantitative estimate of drug-likeness (QED) is 0.652. The first-order chi connectivity index (χ1) is 8.15. The van der Waals surface area contributed by atoms with Gasteiger partial charge in [0.25, 0.3) is 0 Å². The standard InChI is InChI=1S/C12H23N3O2/c13-7-3-1-2-4-11(16)15-8-5-10(6-9-15)12(14)17/h10H,1-9,13H2,(H2,14,17). The molecule has 0 saturated carbocycles. The SMILES string of the molecule is NCCCCCC(=O)N1CCC(C(N)=O)CC1. The van der Waals surface area contributed by atoms with Crippen LogP contribution >= 0.6 is 0 Å². The smallest absolute Gasteiger partial charge is 0.222 e. The Balaban J connectivity index is 2.19. The van der Waals surface area contributed by atoms with E-state index < -0.39 is 0 Å². The maximum Gasteiger partial charge on any atom is 0.222 e. The molecule has 1 fully saturated rings. The molecule has 0 atom stereocenters. The Kier molecular flexibility index (Phi) is 5.97. The van der Waals surface area contributed by atoms with Crippen molar-refractivity contribution >= 4 is 11.8 Å². The van der Waals surface area contributed by atoms with Crippen molar-refractivity contribution in [3.63, 3.8) is 0 Å². The van der Waals surface area contributed by atoms with Crippen molar-refractivity contribution in [1.29, 1.82) is 0 Å². The zero-order valence-corrected chi connectivity index (χ0v) is 10.4. The van der Waals surface area contributed by atoms with Gasteiger partial charge >= 0.3 is 0 Å². The number of carbonyl (C=O) groups is 2. The van der Waals surface area contributed by atoms with Crippen molar-refractivity contribution in [2.45, 2.75) is 38.5 Å². The van der Waals surface area contributed by atoms with Crippen molar-refractivity contribution in [3.05, 3.63) is 0 Å². The van der Waals surface area contributed by atoms with Gasteiger partial charge in [-0.1, -0.05) is 6.42 Å². The summed E-state index contributed by atoms with van der Waals surface area (Å²) in [5.74, 6) is -0.0822. The third-order valence-corrected chi connectivity index (χ3v) is 3.34. The Bertz CT molecular complexity index is 260. The molecule has 0 aliphatic carbocycles. The first-order valence-corrected chi connectivity index (χ1v) is 6.42. The number of nitrogens with two attached hydrogens (primary N) is 2. The van der Waals surface area contributed by atoms with Crippen molar-refractivity contribution in [3.8, 4) is 0 Å². The topological polar surface area (TPSA) is 89.4 Å². The van der Waals surface area contributed by atoms with E-state index in [9.17, 15) is 9.59 Å². The average molecular weight is 241 g/mol. The highest BCUT2D eigenvalue weighted by Crippen LogP contribution is 2.17. The van der Waals surface area contributed by atoms with Gasteiger partial charge in [-0.2, -0.15) is 0 Å². The number of piperidine rings is 1. The fraction of sp³-hybridized carbons (Fsp3) is 0.833.